The van der Waals surface area contributed by atoms with Gasteiger partial charge in [-0.2, -0.15) is 5.10 Å². The molecule has 0 radical (unpaired) electrons. The van der Waals surface area contributed by atoms with Crippen LogP contribution in [0.3, 0.4) is 0 Å². The van der Waals surface area contributed by atoms with Crippen molar-refractivity contribution in [1.29, 1.82) is 0 Å². The van der Waals surface area contributed by atoms with Gasteiger partial charge in [-0.25, -0.2) is 4.79 Å². The van der Waals surface area contributed by atoms with Gasteiger partial charge in [-0.05, 0) is 98.7 Å². The van der Waals surface area contributed by atoms with Crippen LogP contribution in [0.4, 0.5) is 10.5 Å². The first-order chi connectivity index (χ1) is 20.0. The number of hydrogen-bond donors (Lipinski definition) is 1. The molecule has 2 amide bonds. The Balaban J connectivity index is 1.32. The van der Waals surface area contributed by atoms with Gasteiger partial charge in [0, 0.05) is 61.1 Å². The van der Waals surface area contributed by atoms with E-state index in [1.165, 1.54) is 4.88 Å². The number of hydrogen-bond acceptors (Lipinski definition) is 6. The second kappa shape index (κ2) is 12.0. The van der Waals surface area contributed by atoms with Crippen LogP contribution >= 0.6 is 11.3 Å². The number of benzene rings is 2. The topological polar surface area (TPSA) is 79.7 Å². The molecule has 0 spiro atoms. The molecule has 3 heterocycles. The van der Waals surface area contributed by atoms with Crippen LogP contribution in [-0.2, 0) is 11.8 Å². The summed E-state index contributed by atoms with van der Waals surface area (Å²) in [5.74, 6) is -0.112. The lowest BCUT2D eigenvalue weighted by atomic mass is 9.97. The Bertz CT molecular complexity index is 1560. The maximum absolute atomic E-state index is 13.6. The Kier molecular flexibility index (Phi) is 8.41. The smallest absolute Gasteiger partial charge is 0.410 e. The van der Waals surface area contributed by atoms with Crippen LogP contribution in [0.2, 0.25) is 0 Å². The number of nitrogens with one attached hydrogen (secondary N) is 1. The molecular weight excluding hydrogens is 546 g/mol. The van der Waals surface area contributed by atoms with Crippen molar-refractivity contribution in [3.63, 3.8) is 0 Å². The predicted octanol–water partition coefficient (Wildman–Crippen LogP) is 6.67. The van der Waals surface area contributed by atoms with Crippen LogP contribution < -0.4 is 10.2 Å². The maximum Gasteiger partial charge on any atom is 0.410 e. The molecule has 4 aromatic rings. The van der Waals surface area contributed by atoms with E-state index in [1.54, 1.807) is 20.9 Å². The average Bonchev–Trinajstić information content (AvgIpc) is 3.65. The molecule has 1 aliphatic rings. The van der Waals surface area contributed by atoms with Gasteiger partial charge < -0.3 is 19.9 Å². The van der Waals surface area contributed by atoms with Crippen molar-refractivity contribution < 1.29 is 14.3 Å². The first-order valence-corrected chi connectivity index (χ1v) is 15.2. The molecule has 1 N–H and O–H groups in total. The fourth-order valence-electron chi connectivity index (χ4n) is 5.11. The van der Waals surface area contributed by atoms with Gasteiger partial charge in [0.2, 0.25) is 0 Å². The van der Waals surface area contributed by atoms with Crippen molar-refractivity contribution in [3.8, 4) is 21.6 Å². The number of anilines is 1. The molecule has 0 aliphatic carbocycles. The summed E-state index contributed by atoms with van der Waals surface area (Å²) in [7, 11) is 1.91. The largest absolute Gasteiger partial charge is 0.444 e. The summed E-state index contributed by atoms with van der Waals surface area (Å²) in [6, 6.07) is 16.4. The van der Waals surface area contributed by atoms with Crippen LogP contribution in [0, 0.1) is 6.92 Å². The van der Waals surface area contributed by atoms with Crippen LogP contribution in [0.25, 0.3) is 21.6 Å². The van der Waals surface area contributed by atoms with Gasteiger partial charge in [0.15, 0.2) is 0 Å². The second-order valence-electron chi connectivity index (χ2n) is 11.9. The Hall–Kier alpha value is -4.11. The Morgan fingerprint density at radius 2 is 1.74 bits per heavy atom. The van der Waals surface area contributed by atoms with E-state index in [1.807, 2.05) is 72.3 Å². The van der Waals surface area contributed by atoms with Gasteiger partial charge in [0.05, 0.1) is 12.2 Å². The van der Waals surface area contributed by atoms with Crippen molar-refractivity contribution in [2.24, 2.45) is 7.05 Å². The molecule has 220 valence electrons. The third-order valence-corrected chi connectivity index (χ3v) is 8.33. The molecule has 0 bridgehead atoms. The molecule has 9 heteroatoms. The van der Waals surface area contributed by atoms with E-state index in [0.717, 1.165) is 33.5 Å². The van der Waals surface area contributed by atoms with Gasteiger partial charge in [-0.1, -0.05) is 12.1 Å². The second-order valence-corrected chi connectivity index (χ2v) is 12.8. The van der Waals surface area contributed by atoms with E-state index in [-0.39, 0.29) is 18.0 Å². The van der Waals surface area contributed by atoms with Crippen LogP contribution in [0.5, 0.6) is 0 Å². The summed E-state index contributed by atoms with van der Waals surface area (Å²) in [5, 5.41) is 9.66. The van der Waals surface area contributed by atoms with Gasteiger partial charge in [-0.15, -0.1) is 11.3 Å². The molecule has 5 rings (SSSR count). The molecule has 1 fully saturated rings. The van der Waals surface area contributed by atoms with Crippen LogP contribution in [0.15, 0.2) is 66.3 Å². The molecular formula is C33H39N5O3S. The fourth-order valence-corrected chi connectivity index (χ4v) is 5.82. The minimum Gasteiger partial charge on any atom is -0.444 e. The normalized spacial score (nSPS) is 14.5. The van der Waals surface area contributed by atoms with Crippen LogP contribution in [0.1, 0.15) is 55.2 Å². The number of aryl methyl sites for hydroxylation is 2. The van der Waals surface area contributed by atoms with Gasteiger partial charge >= 0.3 is 6.09 Å². The summed E-state index contributed by atoms with van der Waals surface area (Å²) < 4.78 is 7.33. The van der Waals surface area contributed by atoms with Crippen LogP contribution in [-0.4, -0.2) is 58.5 Å². The number of thiophene rings is 1. The third-order valence-electron chi connectivity index (χ3n) is 7.41. The minimum absolute atomic E-state index is 0.112. The number of piperazine rings is 1. The quantitative estimate of drug-likeness (QED) is 0.273. The Labute approximate surface area is 251 Å². The summed E-state index contributed by atoms with van der Waals surface area (Å²) in [6.45, 7) is 12.1. The average molecular weight is 586 g/mol. The van der Waals surface area contributed by atoms with E-state index in [4.69, 9.17) is 4.74 Å². The highest BCUT2D eigenvalue weighted by Gasteiger charge is 2.26. The first-order valence-electron chi connectivity index (χ1n) is 14.3. The summed E-state index contributed by atoms with van der Waals surface area (Å²) in [5.41, 5.74) is 6.26. The lowest BCUT2D eigenvalue weighted by Crippen LogP contribution is -2.50. The number of carbonyl (C=O) groups excluding carboxylic acids is 2. The van der Waals surface area contributed by atoms with Crippen molar-refractivity contribution in [1.82, 2.24) is 20.0 Å². The standard InChI is InChI=1S/C33H39N5O3S/c1-22-9-10-28(37-11-13-38(14-12-37)32(40)41-33(3,4)5)19-29(22)31(39)35-23(2)24-16-25(27-20-34-36(6)21-27)18-26(17-24)30-8-7-15-42-30/h7-10,15-21,23H,11-14H2,1-6H3,(H,35,39). The van der Waals surface area contributed by atoms with E-state index >= 15 is 0 Å². The molecule has 2 aromatic heterocycles. The van der Waals surface area contributed by atoms with E-state index < -0.39 is 5.60 Å². The summed E-state index contributed by atoms with van der Waals surface area (Å²) in [6.07, 6.45) is 3.58. The van der Waals surface area contributed by atoms with Gasteiger partial charge in [-0.3, -0.25) is 9.48 Å². The monoisotopic (exact) mass is 585 g/mol. The lowest BCUT2D eigenvalue weighted by Gasteiger charge is -2.37. The lowest BCUT2D eigenvalue weighted by molar-refractivity contribution is 0.0240. The van der Waals surface area contributed by atoms with E-state index in [2.05, 4.69) is 51.0 Å². The summed E-state index contributed by atoms with van der Waals surface area (Å²) in [4.78, 5) is 31.2. The molecule has 1 saturated heterocycles. The number of rotatable bonds is 6. The van der Waals surface area contributed by atoms with Gasteiger partial charge in [0.25, 0.3) is 5.91 Å². The Morgan fingerprint density at radius 1 is 1.00 bits per heavy atom. The highest BCUT2D eigenvalue weighted by atomic mass is 32.1. The summed E-state index contributed by atoms with van der Waals surface area (Å²) >= 11 is 1.70. The minimum atomic E-state index is -0.518. The first kappa shape index (κ1) is 29.4. The highest BCUT2D eigenvalue weighted by Crippen LogP contribution is 2.33. The predicted molar refractivity (Wildman–Crippen MR) is 169 cm³/mol. The number of ether oxygens (including phenoxy) is 1. The SMILES string of the molecule is Cc1ccc(N2CCN(C(=O)OC(C)(C)C)CC2)cc1C(=O)NC(C)c1cc(-c2cnn(C)c2)cc(-c2cccs2)c1. The van der Waals surface area contributed by atoms with Crippen molar-refractivity contribution >= 4 is 29.0 Å². The molecule has 1 aliphatic heterocycles. The van der Waals surface area contributed by atoms with E-state index in [9.17, 15) is 9.59 Å². The van der Waals surface area contributed by atoms with Gasteiger partial charge in [0.1, 0.15) is 5.60 Å². The number of carbonyl (C=O) groups is 2. The van der Waals surface area contributed by atoms with Crippen molar-refractivity contribution in [2.75, 3.05) is 31.1 Å². The molecule has 1 atom stereocenters. The third kappa shape index (κ3) is 6.85. The molecule has 8 nitrogen and oxygen atoms in total. The molecule has 0 saturated carbocycles. The number of aromatic nitrogens is 2. The fraction of sp³-hybridized carbons (Fsp3) is 0.364. The molecule has 1 unspecified atom stereocenters. The zero-order valence-electron chi connectivity index (χ0n) is 25.2. The number of nitrogens with zero attached hydrogens (tertiary/aromatic N) is 4. The number of amides is 2. The Morgan fingerprint density at radius 3 is 2.38 bits per heavy atom. The van der Waals surface area contributed by atoms with Crippen molar-refractivity contribution in [2.45, 2.75) is 46.3 Å². The van der Waals surface area contributed by atoms with Crippen molar-refractivity contribution in [3.05, 3.63) is 83.0 Å². The van der Waals surface area contributed by atoms with E-state index in [0.29, 0.717) is 31.7 Å². The molecule has 42 heavy (non-hydrogen) atoms. The molecule has 2 aromatic carbocycles. The zero-order chi connectivity index (χ0) is 30.0. The maximum atomic E-state index is 13.6. The zero-order valence-corrected chi connectivity index (χ0v) is 26.0. The highest BCUT2D eigenvalue weighted by molar-refractivity contribution is 7.13.